The van der Waals surface area contributed by atoms with Crippen molar-refractivity contribution in [2.45, 2.75) is 52.0 Å². The standard InChI is InChI=1S/C28H34N2O5/c1-4-9-19(14-25(31)30-15-18(2)28(3,17-30)26(32)33)29-27(34)35-16-24-22-12-7-5-10-20(22)21-11-6-8-13-23(21)24/h5-8,10-13,18-19,24H,4,9,14-17H2,1-3H3,(H,29,34)(H,32,33)/t18-,19+,28-/m0/s1. The number of aliphatic carboxylic acids is 1. The number of nitrogens with one attached hydrogen (secondary N) is 1. The summed E-state index contributed by atoms with van der Waals surface area (Å²) in [6.45, 7) is 6.35. The van der Waals surface area contributed by atoms with Crippen molar-refractivity contribution in [1.82, 2.24) is 10.2 Å². The van der Waals surface area contributed by atoms with Crippen LogP contribution in [-0.2, 0) is 14.3 Å². The Balaban J connectivity index is 1.36. The summed E-state index contributed by atoms with van der Waals surface area (Å²) >= 11 is 0. The number of fused-ring (bicyclic) bond motifs is 3. The van der Waals surface area contributed by atoms with E-state index in [1.54, 1.807) is 11.8 Å². The molecule has 7 heteroatoms. The molecule has 0 spiro atoms. The molecular formula is C28H34N2O5. The van der Waals surface area contributed by atoms with Gasteiger partial charge in [-0.2, -0.15) is 0 Å². The minimum absolute atomic E-state index is 0.0285. The molecule has 0 unspecified atom stereocenters. The highest BCUT2D eigenvalue weighted by molar-refractivity contribution is 5.82. The number of ether oxygens (including phenoxy) is 1. The first-order chi connectivity index (χ1) is 16.7. The molecule has 3 atom stereocenters. The summed E-state index contributed by atoms with van der Waals surface area (Å²) in [5, 5.41) is 12.5. The van der Waals surface area contributed by atoms with Crippen LogP contribution in [0.1, 0.15) is 57.1 Å². The smallest absolute Gasteiger partial charge is 0.407 e. The minimum Gasteiger partial charge on any atom is -0.481 e. The SMILES string of the molecule is CCC[C@H](CC(=O)N1C[C@H](C)[C@@](C)(C(=O)O)C1)NC(=O)OCC1c2ccccc2-c2ccccc21. The molecule has 2 aliphatic rings. The molecule has 35 heavy (non-hydrogen) atoms. The van der Waals surface area contributed by atoms with Gasteiger partial charge in [-0.1, -0.05) is 68.8 Å². The van der Waals surface area contributed by atoms with Gasteiger partial charge in [0.1, 0.15) is 6.61 Å². The lowest BCUT2D eigenvalue weighted by Crippen LogP contribution is -2.41. The molecule has 1 aliphatic heterocycles. The summed E-state index contributed by atoms with van der Waals surface area (Å²) in [6, 6.07) is 16.0. The molecule has 0 saturated carbocycles. The highest BCUT2D eigenvalue weighted by Gasteiger charge is 2.47. The molecule has 0 radical (unpaired) electrons. The molecule has 0 aromatic heterocycles. The number of hydrogen-bond acceptors (Lipinski definition) is 4. The van der Waals surface area contributed by atoms with E-state index in [-0.39, 0.29) is 43.4 Å². The van der Waals surface area contributed by atoms with Gasteiger partial charge in [0, 0.05) is 31.5 Å². The molecule has 7 nitrogen and oxygen atoms in total. The van der Waals surface area contributed by atoms with E-state index in [1.807, 2.05) is 38.1 Å². The molecule has 1 heterocycles. The zero-order chi connectivity index (χ0) is 25.2. The van der Waals surface area contributed by atoms with Gasteiger partial charge in [0.25, 0.3) is 0 Å². The van der Waals surface area contributed by atoms with E-state index in [2.05, 4.69) is 29.6 Å². The van der Waals surface area contributed by atoms with Gasteiger partial charge in [-0.05, 0) is 41.5 Å². The predicted octanol–water partition coefficient (Wildman–Crippen LogP) is 4.65. The molecule has 2 N–H and O–H groups in total. The highest BCUT2D eigenvalue weighted by atomic mass is 16.5. The van der Waals surface area contributed by atoms with Gasteiger partial charge in [0.15, 0.2) is 0 Å². The second kappa shape index (κ2) is 10.1. The largest absolute Gasteiger partial charge is 0.481 e. The number of carboxylic acid groups (broad SMARTS) is 1. The van der Waals surface area contributed by atoms with Crippen molar-refractivity contribution in [2.75, 3.05) is 19.7 Å². The van der Waals surface area contributed by atoms with Crippen molar-refractivity contribution in [1.29, 1.82) is 0 Å². The normalized spacial score (nSPS) is 21.8. The van der Waals surface area contributed by atoms with E-state index in [1.165, 1.54) is 11.1 Å². The predicted molar refractivity (Wildman–Crippen MR) is 133 cm³/mol. The summed E-state index contributed by atoms with van der Waals surface area (Å²) in [6.07, 6.45) is 1.02. The Labute approximate surface area is 206 Å². The van der Waals surface area contributed by atoms with Crippen LogP contribution in [0.15, 0.2) is 48.5 Å². The Morgan fingerprint density at radius 3 is 2.26 bits per heavy atom. The van der Waals surface area contributed by atoms with Crippen LogP contribution in [0.2, 0.25) is 0 Å². The number of carboxylic acids is 1. The summed E-state index contributed by atoms with van der Waals surface area (Å²) in [7, 11) is 0. The number of amides is 2. The number of likely N-dealkylation sites (tertiary alicyclic amines) is 1. The third-order valence-electron chi connectivity index (χ3n) is 7.67. The molecule has 2 aromatic rings. The maximum absolute atomic E-state index is 13.0. The maximum Gasteiger partial charge on any atom is 0.407 e. The molecule has 1 saturated heterocycles. The lowest BCUT2D eigenvalue weighted by atomic mass is 9.81. The van der Waals surface area contributed by atoms with Crippen LogP contribution in [0.3, 0.4) is 0 Å². The fourth-order valence-corrected chi connectivity index (χ4v) is 5.34. The molecule has 2 aromatic carbocycles. The molecule has 1 fully saturated rings. The summed E-state index contributed by atoms with van der Waals surface area (Å²) in [5.74, 6) is -1.19. The lowest BCUT2D eigenvalue weighted by molar-refractivity contribution is -0.149. The first-order valence-corrected chi connectivity index (χ1v) is 12.4. The van der Waals surface area contributed by atoms with Crippen LogP contribution < -0.4 is 5.32 Å². The number of alkyl carbamates (subject to hydrolysis) is 1. The molecule has 0 bridgehead atoms. The lowest BCUT2D eigenvalue weighted by Gasteiger charge is -2.24. The molecule has 2 amide bonds. The van der Waals surface area contributed by atoms with Crippen molar-refractivity contribution in [3.05, 3.63) is 59.7 Å². The molecule has 1 aliphatic carbocycles. The van der Waals surface area contributed by atoms with Gasteiger partial charge in [-0.3, -0.25) is 9.59 Å². The average molecular weight is 479 g/mol. The monoisotopic (exact) mass is 478 g/mol. The van der Waals surface area contributed by atoms with Crippen LogP contribution >= 0.6 is 0 Å². The van der Waals surface area contributed by atoms with Crippen molar-refractivity contribution < 1.29 is 24.2 Å². The first kappa shape index (κ1) is 24.8. The van der Waals surface area contributed by atoms with E-state index in [0.29, 0.717) is 13.0 Å². The van der Waals surface area contributed by atoms with Crippen LogP contribution in [0, 0.1) is 11.3 Å². The van der Waals surface area contributed by atoms with Gasteiger partial charge in [0.05, 0.1) is 5.41 Å². The number of carbonyl (C=O) groups is 3. The average Bonchev–Trinajstić information content (AvgIpc) is 3.33. The van der Waals surface area contributed by atoms with E-state index in [4.69, 9.17) is 4.74 Å². The molecular weight excluding hydrogens is 444 g/mol. The fraction of sp³-hybridized carbons (Fsp3) is 0.464. The van der Waals surface area contributed by atoms with E-state index >= 15 is 0 Å². The van der Waals surface area contributed by atoms with E-state index in [0.717, 1.165) is 17.5 Å². The number of rotatable bonds is 8. The Kier molecular flexibility index (Phi) is 7.15. The van der Waals surface area contributed by atoms with E-state index < -0.39 is 17.5 Å². The fourth-order valence-electron chi connectivity index (χ4n) is 5.34. The van der Waals surface area contributed by atoms with Crippen LogP contribution in [0.5, 0.6) is 0 Å². The van der Waals surface area contributed by atoms with Crippen molar-refractivity contribution in [2.24, 2.45) is 11.3 Å². The zero-order valence-electron chi connectivity index (χ0n) is 20.6. The Morgan fingerprint density at radius 1 is 1.11 bits per heavy atom. The Hall–Kier alpha value is -3.35. The van der Waals surface area contributed by atoms with Crippen molar-refractivity contribution >= 4 is 18.0 Å². The zero-order valence-corrected chi connectivity index (χ0v) is 20.6. The second-order valence-corrected chi connectivity index (χ2v) is 10.1. The third kappa shape index (κ3) is 4.90. The topological polar surface area (TPSA) is 95.9 Å². The minimum atomic E-state index is -0.948. The van der Waals surface area contributed by atoms with Crippen LogP contribution in [-0.4, -0.2) is 53.7 Å². The highest BCUT2D eigenvalue weighted by Crippen LogP contribution is 2.44. The van der Waals surface area contributed by atoms with Gasteiger partial charge in [-0.25, -0.2) is 4.79 Å². The number of carbonyl (C=O) groups excluding carboxylic acids is 2. The summed E-state index contributed by atoms with van der Waals surface area (Å²) in [5.41, 5.74) is 3.67. The number of benzene rings is 2. The van der Waals surface area contributed by atoms with Gasteiger partial charge in [-0.15, -0.1) is 0 Å². The van der Waals surface area contributed by atoms with Crippen LogP contribution in [0.4, 0.5) is 4.79 Å². The van der Waals surface area contributed by atoms with Crippen molar-refractivity contribution in [3.8, 4) is 11.1 Å². The van der Waals surface area contributed by atoms with Gasteiger partial charge in [0.2, 0.25) is 5.91 Å². The first-order valence-electron chi connectivity index (χ1n) is 12.4. The summed E-state index contributed by atoms with van der Waals surface area (Å²) < 4.78 is 5.65. The quantitative estimate of drug-likeness (QED) is 0.576. The second-order valence-electron chi connectivity index (χ2n) is 10.1. The van der Waals surface area contributed by atoms with Crippen LogP contribution in [0.25, 0.3) is 11.1 Å². The number of nitrogens with zero attached hydrogens (tertiary/aromatic N) is 1. The molecule has 4 rings (SSSR count). The van der Waals surface area contributed by atoms with Crippen molar-refractivity contribution in [3.63, 3.8) is 0 Å². The van der Waals surface area contributed by atoms with E-state index in [9.17, 15) is 19.5 Å². The Morgan fingerprint density at radius 2 is 1.71 bits per heavy atom. The number of hydrogen-bond donors (Lipinski definition) is 2. The van der Waals surface area contributed by atoms with Gasteiger partial charge >= 0.3 is 12.1 Å². The molecule has 186 valence electrons. The third-order valence-corrected chi connectivity index (χ3v) is 7.67. The maximum atomic E-state index is 13.0. The summed E-state index contributed by atoms with van der Waals surface area (Å²) in [4.78, 5) is 39.0. The Bertz CT molecular complexity index is 1070. The van der Waals surface area contributed by atoms with Gasteiger partial charge < -0.3 is 20.1 Å².